The van der Waals surface area contributed by atoms with Crippen molar-refractivity contribution in [3.05, 3.63) is 0 Å². The van der Waals surface area contributed by atoms with Crippen molar-refractivity contribution in [3.8, 4) is 0 Å². The average molecular weight is 294 g/mol. The Kier molecular flexibility index (Phi) is 4.95. The summed E-state index contributed by atoms with van der Waals surface area (Å²) in [5.41, 5.74) is -0.622. The van der Waals surface area contributed by atoms with Crippen molar-refractivity contribution in [2.75, 3.05) is 6.54 Å². The van der Waals surface area contributed by atoms with Crippen LogP contribution in [0.3, 0.4) is 0 Å². The van der Waals surface area contributed by atoms with Crippen LogP contribution < -0.4 is 5.32 Å². The van der Waals surface area contributed by atoms with Crippen LogP contribution in [0.25, 0.3) is 0 Å². The number of hydrogen-bond acceptors (Lipinski definition) is 2. The normalized spacial score (nSPS) is 31.2. The van der Waals surface area contributed by atoms with Crippen molar-refractivity contribution < 1.29 is 9.59 Å². The molecule has 0 aromatic rings. The van der Waals surface area contributed by atoms with Crippen LogP contribution in [0.1, 0.15) is 66.2 Å². The summed E-state index contributed by atoms with van der Waals surface area (Å²) in [7, 11) is 0. The lowest BCUT2D eigenvalue weighted by atomic mass is 9.86. The van der Waals surface area contributed by atoms with Crippen molar-refractivity contribution in [2.24, 2.45) is 11.8 Å². The summed E-state index contributed by atoms with van der Waals surface area (Å²) in [5.74, 6) is 0.989. The summed E-state index contributed by atoms with van der Waals surface area (Å²) >= 11 is 0. The third-order valence-electron chi connectivity index (χ3n) is 5.12. The van der Waals surface area contributed by atoms with Gasteiger partial charge in [0.2, 0.25) is 11.8 Å². The van der Waals surface area contributed by atoms with E-state index >= 15 is 0 Å². The molecule has 120 valence electrons. The first-order chi connectivity index (χ1) is 9.94. The third-order valence-corrected chi connectivity index (χ3v) is 5.12. The lowest BCUT2D eigenvalue weighted by Crippen LogP contribution is -2.70. The van der Waals surface area contributed by atoms with E-state index in [1.165, 1.54) is 0 Å². The number of nitrogens with zero attached hydrogens (tertiary/aromatic N) is 1. The van der Waals surface area contributed by atoms with Gasteiger partial charge in [0.1, 0.15) is 11.6 Å². The lowest BCUT2D eigenvalue weighted by Gasteiger charge is -2.47. The summed E-state index contributed by atoms with van der Waals surface area (Å²) in [4.78, 5) is 27.5. The highest BCUT2D eigenvalue weighted by molar-refractivity contribution is 6.00. The molecule has 0 radical (unpaired) electrons. The van der Waals surface area contributed by atoms with Gasteiger partial charge in [0.05, 0.1) is 0 Å². The molecule has 2 rings (SSSR count). The van der Waals surface area contributed by atoms with E-state index in [1.807, 2.05) is 11.8 Å². The molecule has 2 amide bonds. The number of piperazine rings is 1. The second kappa shape index (κ2) is 6.37. The van der Waals surface area contributed by atoms with Gasteiger partial charge in [0, 0.05) is 6.54 Å². The zero-order valence-corrected chi connectivity index (χ0v) is 13.9. The van der Waals surface area contributed by atoms with Crippen LogP contribution in [0.15, 0.2) is 0 Å². The van der Waals surface area contributed by atoms with Gasteiger partial charge in [-0.3, -0.25) is 9.59 Å². The molecule has 0 bridgehead atoms. The van der Waals surface area contributed by atoms with Gasteiger partial charge in [-0.05, 0) is 44.4 Å². The molecule has 2 fully saturated rings. The van der Waals surface area contributed by atoms with Crippen molar-refractivity contribution >= 4 is 11.8 Å². The Morgan fingerprint density at radius 3 is 2.48 bits per heavy atom. The van der Waals surface area contributed by atoms with Crippen LogP contribution >= 0.6 is 0 Å². The van der Waals surface area contributed by atoms with Crippen LogP contribution in [-0.2, 0) is 9.59 Å². The number of carbonyl (C=O) groups excluding carboxylic acids is 2. The molecular formula is C17H30N2O2. The molecule has 0 aromatic heterocycles. The first-order valence-corrected chi connectivity index (χ1v) is 8.57. The van der Waals surface area contributed by atoms with E-state index in [0.717, 1.165) is 38.5 Å². The average Bonchev–Trinajstić information content (AvgIpc) is 3.26. The standard InChI is InChI=1S/C17H30N2O2/c1-5-7-12(3)11-19-15(20)14(8-6-2)18-16(21)17(19,4)13-9-10-13/h12-14H,5-11H2,1-4H3,(H,18,21). The minimum Gasteiger partial charge on any atom is -0.342 e. The van der Waals surface area contributed by atoms with Gasteiger partial charge in [-0.25, -0.2) is 0 Å². The Hall–Kier alpha value is -1.06. The Morgan fingerprint density at radius 1 is 1.29 bits per heavy atom. The third kappa shape index (κ3) is 3.09. The monoisotopic (exact) mass is 294 g/mol. The van der Waals surface area contributed by atoms with Gasteiger partial charge in [0.15, 0.2) is 0 Å². The highest BCUT2D eigenvalue weighted by Crippen LogP contribution is 2.45. The second-order valence-electron chi connectivity index (χ2n) is 7.08. The Balaban J connectivity index is 2.22. The van der Waals surface area contributed by atoms with Gasteiger partial charge >= 0.3 is 0 Å². The summed E-state index contributed by atoms with van der Waals surface area (Å²) in [6.07, 6.45) is 6.00. The fourth-order valence-corrected chi connectivity index (χ4v) is 3.62. The summed E-state index contributed by atoms with van der Waals surface area (Å²) < 4.78 is 0. The minimum atomic E-state index is -0.622. The molecule has 1 aliphatic carbocycles. The topological polar surface area (TPSA) is 49.4 Å². The van der Waals surface area contributed by atoms with E-state index in [-0.39, 0.29) is 17.9 Å². The summed E-state index contributed by atoms with van der Waals surface area (Å²) in [6.45, 7) is 9.09. The van der Waals surface area contributed by atoms with E-state index in [9.17, 15) is 9.59 Å². The molecule has 21 heavy (non-hydrogen) atoms. The van der Waals surface area contributed by atoms with Crippen molar-refractivity contribution in [2.45, 2.75) is 77.8 Å². The largest absolute Gasteiger partial charge is 0.342 e. The van der Waals surface area contributed by atoms with Crippen LogP contribution in [-0.4, -0.2) is 34.8 Å². The van der Waals surface area contributed by atoms with Crippen LogP contribution in [0.5, 0.6) is 0 Å². The van der Waals surface area contributed by atoms with Crippen LogP contribution in [0, 0.1) is 11.8 Å². The number of rotatable bonds is 7. The maximum Gasteiger partial charge on any atom is 0.246 e. The summed E-state index contributed by atoms with van der Waals surface area (Å²) in [5, 5.41) is 2.98. The molecule has 3 unspecified atom stereocenters. The zero-order valence-electron chi connectivity index (χ0n) is 13.9. The number of amides is 2. The van der Waals surface area contributed by atoms with Crippen LogP contribution in [0.4, 0.5) is 0 Å². The molecule has 1 saturated heterocycles. The molecule has 3 atom stereocenters. The fraction of sp³-hybridized carbons (Fsp3) is 0.882. The quantitative estimate of drug-likeness (QED) is 0.785. The number of carbonyl (C=O) groups is 2. The predicted molar refractivity (Wildman–Crippen MR) is 83.8 cm³/mol. The molecular weight excluding hydrogens is 264 g/mol. The van der Waals surface area contributed by atoms with Gasteiger partial charge in [-0.15, -0.1) is 0 Å². The van der Waals surface area contributed by atoms with Gasteiger partial charge in [0.25, 0.3) is 0 Å². The Bertz CT molecular complexity index is 406. The molecule has 4 nitrogen and oxygen atoms in total. The van der Waals surface area contributed by atoms with E-state index in [4.69, 9.17) is 0 Å². The van der Waals surface area contributed by atoms with E-state index in [0.29, 0.717) is 18.4 Å². The fourth-order valence-electron chi connectivity index (χ4n) is 3.62. The molecule has 1 aliphatic heterocycles. The molecule has 1 heterocycles. The zero-order chi connectivity index (χ0) is 15.6. The minimum absolute atomic E-state index is 0.0618. The molecule has 1 N–H and O–H groups in total. The SMILES string of the molecule is CCCC(C)CN1C(=O)C(CCC)NC(=O)C1(C)C1CC1. The molecule has 2 aliphatic rings. The Labute approximate surface area is 128 Å². The highest BCUT2D eigenvalue weighted by atomic mass is 16.2. The number of nitrogens with one attached hydrogen (secondary N) is 1. The van der Waals surface area contributed by atoms with Crippen LogP contribution in [0.2, 0.25) is 0 Å². The molecule has 0 spiro atoms. The van der Waals surface area contributed by atoms with Crippen molar-refractivity contribution in [1.29, 1.82) is 0 Å². The predicted octanol–water partition coefficient (Wildman–Crippen LogP) is 2.72. The maximum atomic E-state index is 12.9. The summed E-state index contributed by atoms with van der Waals surface area (Å²) in [6, 6.07) is -0.317. The smallest absolute Gasteiger partial charge is 0.246 e. The maximum absolute atomic E-state index is 12.9. The number of hydrogen-bond donors (Lipinski definition) is 1. The molecule has 0 aromatic carbocycles. The second-order valence-corrected chi connectivity index (χ2v) is 7.08. The van der Waals surface area contributed by atoms with Gasteiger partial charge in [-0.1, -0.05) is 33.6 Å². The van der Waals surface area contributed by atoms with E-state index in [2.05, 4.69) is 26.1 Å². The van der Waals surface area contributed by atoms with Crippen molar-refractivity contribution in [1.82, 2.24) is 10.2 Å². The Morgan fingerprint density at radius 2 is 1.95 bits per heavy atom. The highest BCUT2D eigenvalue weighted by Gasteiger charge is 2.56. The molecule has 1 saturated carbocycles. The molecule has 4 heteroatoms. The lowest BCUT2D eigenvalue weighted by molar-refractivity contribution is -0.159. The first-order valence-electron chi connectivity index (χ1n) is 8.57. The van der Waals surface area contributed by atoms with Crippen molar-refractivity contribution in [3.63, 3.8) is 0 Å². The van der Waals surface area contributed by atoms with E-state index in [1.54, 1.807) is 0 Å². The first kappa shape index (κ1) is 16.3. The van der Waals surface area contributed by atoms with Gasteiger partial charge < -0.3 is 10.2 Å². The van der Waals surface area contributed by atoms with E-state index < -0.39 is 5.54 Å². The van der Waals surface area contributed by atoms with Gasteiger partial charge in [-0.2, -0.15) is 0 Å².